The molecule has 10 nitrogen and oxygen atoms in total. The SMILES string of the molecule is Cc1ccccc1S(=O)(=O)N(C)C[C@H]1OCc2cn(nn2)CCCC(=O)N([C@@H](C)CO)C[C@@H]1C. The van der Waals surface area contributed by atoms with E-state index in [0.29, 0.717) is 37.2 Å². The fourth-order valence-electron chi connectivity index (χ4n) is 4.06. The van der Waals surface area contributed by atoms with E-state index in [9.17, 15) is 18.3 Å². The summed E-state index contributed by atoms with van der Waals surface area (Å²) in [5, 5.41) is 17.9. The predicted molar refractivity (Wildman–Crippen MR) is 126 cm³/mol. The van der Waals surface area contributed by atoms with E-state index in [1.807, 2.05) is 6.92 Å². The number of nitrogens with zero attached hydrogens (tertiary/aromatic N) is 5. The molecule has 1 amide bonds. The summed E-state index contributed by atoms with van der Waals surface area (Å²) in [6.45, 7) is 6.51. The first-order valence-corrected chi connectivity index (χ1v) is 13.0. The van der Waals surface area contributed by atoms with E-state index in [1.165, 1.54) is 11.4 Å². The summed E-state index contributed by atoms with van der Waals surface area (Å²) < 4.78 is 35.7. The highest BCUT2D eigenvalue weighted by Gasteiger charge is 2.31. The Morgan fingerprint density at radius 3 is 2.76 bits per heavy atom. The Kier molecular flexibility index (Phi) is 8.80. The van der Waals surface area contributed by atoms with Gasteiger partial charge in [0.25, 0.3) is 0 Å². The monoisotopic (exact) mass is 493 g/mol. The van der Waals surface area contributed by atoms with Crippen LogP contribution in [-0.4, -0.2) is 82.5 Å². The van der Waals surface area contributed by atoms with Crippen molar-refractivity contribution in [3.05, 3.63) is 41.7 Å². The number of carbonyl (C=O) groups is 1. The Hall–Kier alpha value is -2.34. The summed E-state index contributed by atoms with van der Waals surface area (Å²) in [6, 6.07) is 6.51. The molecule has 188 valence electrons. The average molecular weight is 494 g/mol. The van der Waals surface area contributed by atoms with Gasteiger partial charge in [0, 0.05) is 39.0 Å². The van der Waals surface area contributed by atoms with Gasteiger partial charge >= 0.3 is 0 Å². The highest BCUT2D eigenvalue weighted by atomic mass is 32.2. The number of amides is 1. The molecule has 0 spiro atoms. The third kappa shape index (κ3) is 6.21. The smallest absolute Gasteiger partial charge is 0.243 e. The summed E-state index contributed by atoms with van der Waals surface area (Å²) in [7, 11) is -2.20. The molecule has 1 aromatic heterocycles. The molecule has 0 saturated heterocycles. The van der Waals surface area contributed by atoms with Gasteiger partial charge < -0.3 is 14.7 Å². The lowest BCUT2D eigenvalue weighted by Crippen LogP contribution is -2.47. The Morgan fingerprint density at radius 1 is 1.32 bits per heavy atom. The van der Waals surface area contributed by atoms with Crippen molar-refractivity contribution in [1.82, 2.24) is 24.2 Å². The van der Waals surface area contributed by atoms with Gasteiger partial charge in [0.2, 0.25) is 15.9 Å². The van der Waals surface area contributed by atoms with E-state index < -0.39 is 16.1 Å². The number of benzene rings is 1. The number of aliphatic hydroxyl groups is 1. The molecule has 0 fully saturated rings. The number of sulfonamides is 1. The number of hydrogen-bond donors (Lipinski definition) is 1. The zero-order chi connectivity index (χ0) is 24.9. The van der Waals surface area contributed by atoms with Gasteiger partial charge in [0.05, 0.1) is 36.5 Å². The summed E-state index contributed by atoms with van der Waals surface area (Å²) in [6.07, 6.45) is 2.19. The third-order valence-corrected chi connectivity index (χ3v) is 8.25. The van der Waals surface area contributed by atoms with Crippen LogP contribution < -0.4 is 0 Å². The second-order valence-electron chi connectivity index (χ2n) is 9.03. The van der Waals surface area contributed by atoms with Crippen molar-refractivity contribution < 1.29 is 23.1 Å². The van der Waals surface area contributed by atoms with Gasteiger partial charge in [-0.05, 0) is 31.9 Å². The molecule has 1 N–H and O–H groups in total. The standard InChI is InChI=1S/C23H35N5O5S/c1-17-8-5-6-9-22(17)34(31,32)26(4)14-21-18(2)12-28(19(3)15-29)23(30)10-7-11-27-13-20(16-33-21)24-25-27/h5-6,8-9,13,18-19,21,29H,7,10-12,14-16H2,1-4H3/t18-,19-,21+/m0/s1. The van der Waals surface area contributed by atoms with Crippen molar-refractivity contribution in [2.45, 2.75) is 63.8 Å². The number of aryl methyl sites for hydroxylation is 2. The molecule has 0 aliphatic carbocycles. The first kappa shape index (κ1) is 26.3. The van der Waals surface area contributed by atoms with E-state index in [4.69, 9.17) is 4.74 Å². The van der Waals surface area contributed by atoms with Crippen molar-refractivity contribution in [1.29, 1.82) is 0 Å². The van der Waals surface area contributed by atoms with Gasteiger partial charge in [-0.2, -0.15) is 4.31 Å². The number of ether oxygens (including phenoxy) is 1. The molecule has 2 heterocycles. The second-order valence-corrected chi connectivity index (χ2v) is 11.0. The number of fused-ring (bicyclic) bond motifs is 2. The molecule has 34 heavy (non-hydrogen) atoms. The van der Waals surface area contributed by atoms with Crippen LogP contribution in [0.2, 0.25) is 0 Å². The van der Waals surface area contributed by atoms with Gasteiger partial charge in [-0.15, -0.1) is 5.10 Å². The molecule has 1 aromatic carbocycles. The fourth-order valence-corrected chi connectivity index (χ4v) is 5.46. The topological polar surface area (TPSA) is 118 Å². The minimum atomic E-state index is -3.74. The maximum atomic E-state index is 13.3. The van der Waals surface area contributed by atoms with Crippen LogP contribution in [0.1, 0.15) is 37.9 Å². The van der Waals surface area contributed by atoms with Crippen LogP contribution in [0.3, 0.4) is 0 Å². The number of carbonyl (C=O) groups excluding carboxylic acids is 1. The molecule has 0 radical (unpaired) electrons. The van der Waals surface area contributed by atoms with Crippen molar-refractivity contribution >= 4 is 15.9 Å². The Morgan fingerprint density at radius 2 is 2.06 bits per heavy atom. The van der Waals surface area contributed by atoms with Crippen LogP contribution in [0.25, 0.3) is 0 Å². The number of likely N-dealkylation sites (N-methyl/N-ethyl adjacent to an activating group) is 1. The highest BCUT2D eigenvalue weighted by Crippen LogP contribution is 2.22. The average Bonchev–Trinajstić information content (AvgIpc) is 3.26. The van der Waals surface area contributed by atoms with Crippen LogP contribution in [0.4, 0.5) is 0 Å². The first-order chi connectivity index (χ1) is 16.1. The minimum absolute atomic E-state index is 0.0624. The Bertz CT molecular complexity index is 1070. The minimum Gasteiger partial charge on any atom is -0.394 e. The Balaban J connectivity index is 1.87. The maximum absolute atomic E-state index is 13.3. The summed E-state index contributed by atoms with van der Waals surface area (Å²) >= 11 is 0. The lowest BCUT2D eigenvalue weighted by atomic mass is 10.0. The number of aromatic nitrogens is 3. The molecular formula is C23H35N5O5S. The van der Waals surface area contributed by atoms with E-state index in [2.05, 4.69) is 10.3 Å². The van der Waals surface area contributed by atoms with Gasteiger partial charge in [-0.25, -0.2) is 8.42 Å². The van der Waals surface area contributed by atoms with Crippen molar-refractivity contribution in [3.63, 3.8) is 0 Å². The Labute approximate surface area is 201 Å². The van der Waals surface area contributed by atoms with Crippen molar-refractivity contribution in [2.75, 3.05) is 26.7 Å². The zero-order valence-electron chi connectivity index (χ0n) is 20.3. The van der Waals surface area contributed by atoms with Crippen LogP contribution >= 0.6 is 0 Å². The second kappa shape index (κ2) is 11.4. The highest BCUT2D eigenvalue weighted by molar-refractivity contribution is 7.89. The van der Waals surface area contributed by atoms with Crippen LogP contribution in [-0.2, 0) is 32.7 Å². The lowest BCUT2D eigenvalue weighted by Gasteiger charge is -2.35. The molecule has 3 rings (SSSR count). The zero-order valence-corrected chi connectivity index (χ0v) is 21.1. The van der Waals surface area contributed by atoms with E-state index >= 15 is 0 Å². The largest absolute Gasteiger partial charge is 0.394 e. The van der Waals surface area contributed by atoms with Gasteiger partial charge in [-0.1, -0.05) is 30.3 Å². The third-order valence-electron chi connectivity index (χ3n) is 6.26. The number of rotatable bonds is 6. The number of aliphatic hydroxyl groups excluding tert-OH is 1. The van der Waals surface area contributed by atoms with Gasteiger partial charge in [0.15, 0.2) is 0 Å². The molecular weight excluding hydrogens is 458 g/mol. The van der Waals surface area contributed by atoms with E-state index in [1.54, 1.807) is 53.9 Å². The molecule has 2 aromatic rings. The predicted octanol–water partition coefficient (Wildman–Crippen LogP) is 1.43. The molecule has 0 unspecified atom stereocenters. The fraction of sp³-hybridized carbons (Fsp3) is 0.609. The molecule has 3 atom stereocenters. The number of hydrogen-bond acceptors (Lipinski definition) is 7. The molecule has 0 saturated carbocycles. The normalized spacial score (nSPS) is 21.6. The summed E-state index contributed by atoms with van der Waals surface area (Å²) in [5.41, 5.74) is 1.32. The van der Waals surface area contributed by atoms with Gasteiger partial charge in [-0.3, -0.25) is 9.48 Å². The van der Waals surface area contributed by atoms with Crippen LogP contribution in [0, 0.1) is 12.8 Å². The van der Waals surface area contributed by atoms with Crippen LogP contribution in [0.5, 0.6) is 0 Å². The summed E-state index contributed by atoms with van der Waals surface area (Å²) in [4.78, 5) is 14.9. The van der Waals surface area contributed by atoms with E-state index in [-0.39, 0.29) is 42.5 Å². The molecule has 1 aliphatic heterocycles. The maximum Gasteiger partial charge on any atom is 0.243 e. The summed E-state index contributed by atoms with van der Waals surface area (Å²) in [5.74, 6) is -0.268. The van der Waals surface area contributed by atoms with Crippen LogP contribution in [0.15, 0.2) is 35.4 Å². The van der Waals surface area contributed by atoms with Gasteiger partial charge in [0.1, 0.15) is 5.69 Å². The van der Waals surface area contributed by atoms with Crippen molar-refractivity contribution in [2.24, 2.45) is 5.92 Å². The quantitative estimate of drug-likeness (QED) is 0.647. The lowest BCUT2D eigenvalue weighted by molar-refractivity contribution is -0.136. The molecule has 1 aliphatic rings. The molecule has 11 heteroatoms. The van der Waals surface area contributed by atoms with Crippen molar-refractivity contribution in [3.8, 4) is 0 Å². The molecule has 2 bridgehead atoms. The first-order valence-electron chi connectivity index (χ1n) is 11.6. The van der Waals surface area contributed by atoms with E-state index in [0.717, 1.165) is 0 Å².